The number of carboxylic acids is 1. The largest absolute Gasteiger partial charge is 0.481 e. The maximum atomic E-state index is 11.6. The van der Waals surface area contributed by atoms with Gasteiger partial charge in [-0.05, 0) is 39.2 Å². The quantitative estimate of drug-likeness (QED) is 0.596. The third-order valence-electron chi connectivity index (χ3n) is 2.59. The Kier molecular flexibility index (Phi) is 6.80. The van der Waals surface area contributed by atoms with Crippen LogP contribution in [0, 0.1) is 5.92 Å². The molecule has 100 valence electrons. The lowest BCUT2D eigenvalue weighted by Crippen LogP contribution is -2.44. The molecule has 0 aliphatic rings. The van der Waals surface area contributed by atoms with E-state index in [1.807, 2.05) is 0 Å². The van der Waals surface area contributed by atoms with Crippen molar-refractivity contribution in [2.75, 3.05) is 6.54 Å². The first-order chi connectivity index (χ1) is 7.76. The molecule has 0 radical (unpaired) electrons. The van der Waals surface area contributed by atoms with Gasteiger partial charge in [0.2, 0.25) is 5.91 Å². The molecule has 0 heterocycles. The fraction of sp³-hybridized carbons (Fsp3) is 0.833. The molecule has 0 spiro atoms. The highest BCUT2D eigenvalue weighted by Crippen LogP contribution is 2.12. The third-order valence-corrected chi connectivity index (χ3v) is 2.59. The number of aliphatic carboxylic acids is 1. The van der Waals surface area contributed by atoms with Crippen LogP contribution in [-0.2, 0) is 9.59 Å². The lowest BCUT2D eigenvalue weighted by Gasteiger charge is -2.24. The fourth-order valence-electron chi connectivity index (χ4n) is 1.67. The van der Waals surface area contributed by atoms with Crippen molar-refractivity contribution in [3.8, 4) is 0 Å². The highest BCUT2D eigenvalue weighted by Gasteiger charge is 2.23. The second-order valence-electron chi connectivity index (χ2n) is 5.22. The van der Waals surface area contributed by atoms with Gasteiger partial charge in [0.25, 0.3) is 0 Å². The van der Waals surface area contributed by atoms with Crippen LogP contribution in [0.4, 0.5) is 0 Å². The zero-order valence-electron chi connectivity index (χ0n) is 11.0. The van der Waals surface area contributed by atoms with Crippen LogP contribution in [0.25, 0.3) is 0 Å². The standard InChI is InChI=1S/C12H24N2O3/c1-9(6-7-13)4-5-10(15)14-12(2,3)8-11(16)17/h9H,4-8,13H2,1-3H3,(H,14,15)(H,16,17). The number of hydrogen-bond donors (Lipinski definition) is 3. The highest BCUT2D eigenvalue weighted by atomic mass is 16.4. The molecule has 0 aromatic heterocycles. The van der Waals surface area contributed by atoms with Gasteiger partial charge in [0.15, 0.2) is 0 Å². The van der Waals surface area contributed by atoms with Gasteiger partial charge in [-0.25, -0.2) is 0 Å². The summed E-state index contributed by atoms with van der Waals surface area (Å²) in [6.07, 6.45) is 2.04. The summed E-state index contributed by atoms with van der Waals surface area (Å²) in [7, 11) is 0. The van der Waals surface area contributed by atoms with Gasteiger partial charge in [0.1, 0.15) is 0 Å². The van der Waals surface area contributed by atoms with Crippen molar-refractivity contribution in [3.63, 3.8) is 0 Å². The topological polar surface area (TPSA) is 92.4 Å². The van der Waals surface area contributed by atoms with Crippen molar-refractivity contribution >= 4 is 11.9 Å². The average molecular weight is 244 g/mol. The maximum Gasteiger partial charge on any atom is 0.305 e. The number of carbonyl (C=O) groups excluding carboxylic acids is 1. The number of carboxylic acid groups (broad SMARTS) is 1. The fourth-order valence-corrected chi connectivity index (χ4v) is 1.67. The van der Waals surface area contributed by atoms with Gasteiger partial charge < -0.3 is 16.2 Å². The average Bonchev–Trinajstić information content (AvgIpc) is 2.12. The van der Waals surface area contributed by atoms with E-state index < -0.39 is 11.5 Å². The Bertz CT molecular complexity index is 264. The van der Waals surface area contributed by atoms with Crippen molar-refractivity contribution in [1.82, 2.24) is 5.32 Å². The second-order valence-corrected chi connectivity index (χ2v) is 5.22. The van der Waals surface area contributed by atoms with E-state index in [4.69, 9.17) is 10.8 Å². The zero-order chi connectivity index (χ0) is 13.5. The van der Waals surface area contributed by atoms with E-state index >= 15 is 0 Å². The molecule has 1 atom stereocenters. The normalized spacial score (nSPS) is 13.2. The van der Waals surface area contributed by atoms with E-state index in [1.165, 1.54) is 0 Å². The lowest BCUT2D eigenvalue weighted by atomic mass is 9.98. The van der Waals surface area contributed by atoms with E-state index in [1.54, 1.807) is 13.8 Å². The van der Waals surface area contributed by atoms with E-state index in [9.17, 15) is 9.59 Å². The minimum atomic E-state index is -0.910. The monoisotopic (exact) mass is 244 g/mol. The molecule has 17 heavy (non-hydrogen) atoms. The molecule has 0 saturated carbocycles. The lowest BCUT2D eigenvalue weighted by molar-refractivity contribution is -0.138. The third kappa shape index (κ3) is 8.68. The number of nitrogens with one attached hydrogen (secondary N) is 1. The van der Waals surface area contributed by atoms with Crippen molar-refractivity contribution < 1.29 is 14.7 Å². The molecule has 0 aromatic rings. The van der Waals surface area contributed by atoms with Crippen LogP contribution >= 0.6 is 0 Å². The van der Waals surface area contributed by atoms with Crippen LogP contribution in [-0.4, -0.2) is 29.1 Å². The second kappa shape index (κ2) is 7.27. The highest BCUT2D eigenvalue weighted by molar-refractivity contribution is 5.78. The molecule has 5 heteroatoms. The van der Waals surface area contributed by atoms with Gasteiger partial charge in [-0.2, -0.15) is 0 Å². The Balaban J connectivity index is 3.96. The van der Waals surface area contributed by atoms with Crippen molar-refractivity contribution in [3.05, 3.63) is 0 Å². The number of amides is 1. The summed E-state index contributed by atoms with van der Waals surface area (Å²) in [6.45, 7) is 6.11. The summed E-state index contributed by atoms with van der Waals surface area (Å²) in [5, 5.41) is 11.4. The SMILES string of the molecule is CC(CCN)CCC(=O)NC(C)(C)CC(=O)O. The molecule has 0 bridgehead atoms. The predicted octanol–water partition coefficient (Wildman–Crippen LogP) is 1.12. The van der Waals surface area contributed by atoms with Crippen LogP contribution in [0.5, 0.6) is 0 Å². The molecule has 4 N–H and O–H groups in total. The number of nitrogens with two attached hydrogens (primary N) is 1. The summed E-state index contributed by atoms with van der Waals surface area (Å²) >= 11 is 0. The Morgan fingerprint density at radius 2 is 1.94 bits per heavy atom. The zero-order valence-corrected chi connectivity index (χ0v) is 11.0. The van der Waals surface area contributed by atoms with Crippen molar-refractivity contribution in [2.24, 2.45) is 11.7 Å². The smallest absolute Gasteiger partial charge is 0.305 e. The molecule has 0 aliphatic heterocycles. The Hall–Kier alpha value is -1.10. The predicted molar refractivity (Wildman–Crippen MR) is 66.5 cm³/mol. The van der Waals surface area contributed by atoms with E-state index in [0.29, 0.717) is 18.9 Å². The number of hydrogen-bond acceptors (Lipinski definition) is 3. The number of rotatable bonds is 8. The molecule has 0 aromatic carbocycles. The summed E-state index contributed by atoms with van der Waals surface area (Å²) in [4.78, 5) is 22.2. The van der Waals surface area contributed by atoms with E-state index in [2.05, 4.69) is 12.2 Å². The molecule has 1 unspecified atom stereocenters. The summed E-state index contributed by atoms with van der Waals surface area (Å²) in [6, 6.07) is 0. The van der Waals surface area contributed by atoms with Gasteiger partial charge in [0, 0.05) is 12.0 Å². The molecule has 1 amide bonds. The van der Waals surface area contributed by atoms with Crippen LogP contribution < -0.4 is 11.1 Å². The van der Waals surface area contributed by atoms with Gasteiger partial charge in [-0.15, -0.1) is 0 Å². The molecule has 5 nitrogen and oxygen atoms in total. The van der Waals surface area contributed by atoms with Gasteiger partial charge in [-0.1, -0.05) is 6.92 Å². The first kappa shape index (κ1) is 15.9. The van der Waals surface area contributed by atoms with Crippen LogP contribution in [0.2, 0.25) is 0 Å². The van der Waals surface area contributed by atoms with Crippen molar-refractivity contribution in [1.29, 1.82) is 0 Å². The van der Waals surface area contributed by atoms with Crippen LogP contribution in [0.3, 0.4) is 0 Å². The maximum absolute atomic E-state index is 11.6. The number of carbonyl (C=O) groups is 2. The molecule has 0 fully saturated rings. The van der Waals surface area contributed by atoms with Gasteiger partial charge in [-0.3, -0.25) is 9.59 Å². The summed E-state index contributed by atoms with van der Waals surface area (Å²) < 4.78 is 0. The molecule has 0 aliphatic carbocycles. The van der Waals surface area contributed by atoms with E-state index in [0.717, 1.165) is 12.8 Å². The van der Waals surface area contributed by atoms with Crippen LogP contribution in [0.1, 0.15) is 46.5 Å². The van der Waals surface area contributed by atoms with Crippen LogP contribution in [0.15, 0.2) is 0 Å². The van der Waals surface area contributed by atoms with Gasteiger partial charge in [0.05, 0.1) is 6.42 Å². The Morgan fingerprint density at radius 3 is 2.41 bits per heavy atom. The summed E-state index contributed by atoms with van der Waals surface area (Å²) in [5.41, 5.74) is 4.73. The van der Waals surface area contributed by atoms with Crippen molar-refractivity contribution in [2.45, 2.75) is 52.0 Å². The molecular formula is C12H24N2O3. The molecule has 0 saturated heterocycles. The Labute approximate surface area is 103 Å². The molecular weight excluding hydrogens is 220 g/mol. The Morgan fingerprint density at radius 1 is 1.35 bits per heavy atom. The first-order valence-corrected chi connectivity index (χ1v) is 5.99. The first-order valence-electron chi connectivity index (χ1n) is 5.99. The minimum Gasteiger partial charge on any atom is -0.481 e. The summed E-state index contributed by atoms with van der Waals surface area (Å²) in [5.74, 6) is -0.583. The molecule has 0 rings (SSSR count). The van der Waals surface area contributed by atoms with E-state index in [-0.39, 0.29) is 12.3 Å². The minimum absolute atomic E-state index is 0.0723. The van der Waals surface area contributed by atoms with Gasteiger partial charge >= 0.3 is 5.97 Å².